The molecule has 0 N–H and O–H groups in total. The van der Waals surface area contributed by atoms with Crippen molar-refractivity contribution in [1.29, 1.82) is 0 Å². The lowest BCUT2D eigenvalue weighted by Gasteiger charge is -2.06. The fraction of sp³-hybridized carbons (Fsp3) is 0.625. The number of hydrogen-bond acceptors (Lipinski definition) is 1. The smallest absolute Gasteiger partial charge is 0.122 e. The van der Waals surface area contributed by atoms with Crippen molar-refractivity contribution in [2.75, 3.05) is 6.61 Å². The quantitative estimate of drug-likeness (QED) is 0.635. The Hall–Kier alpha value is -0.980. The van der Waals surface area contributed by atoms with E-state index in [1.54, 1.807) is 0 Å². The van der Waals surface area contributed by atoms with Crippen molar-refractivity contribution in [3.8, 4) is 5.75 Å². The molecule has 0 amide bonds. The van der Waals surface area contributed by atoms with Crippen LogP contribution in [0.2, 0.25) is 0 Å². The van der Waals surface area contributed by atoms with E-state index in [1.807, 2.05) is 12.1 Å². The van der Waals surface area contributed by atoms with E-state index in [0.29, 0.717) is 0 Å². The van der Waals surface area contributed by atoms with Gasteiger partial charge in [0.15, 0.2) is 0 Å². The molecule has 1 aliphatic rings. The average molecular weight is 231 g/mol. The molecule has 0 spiro atoms. The minimum atomic E-state index is 0.858. The molecule has 1 aliphatic heterocycles. The number of ether oxygens (including phenoxy) is 1. The molecular weight excluding hydrogens is 208 g/mol. The maximum atomic E-state index is 5.58. The van der Waals surface area contributed by atoms with E-state index in [0.717, 1.165) is 18.8 Å². The normalized spacial score (nSPS) is 13.5. The van der Waals surface area contributed by atoms with Crippen LogP contribution >= 0.6 is 0 Å². The van der Waals surface area contributed by atoms with Crippen molar-refractivity contribution in [3.05, 3.63) is 29.3 Å². The summed E-state index contributed by atoms with van der Waals surface area (Å²) in [6.45, 7) is 3.12. The molecule has 1 aromatic carbocycles. The molecule has 0 aromatic heterocycles. The molecule has 1 heterocycles. The second kappa shape index (κ2) is 6.68. The third kappa shape index (κ3) is 3.49. The van der Waals surface area contributed by atoms with Crippen LogP contribution in [0, 0.1) is 6.07 Å². The van der Waals surface area contributed by atoms with Gasteiger partial charge in [0, 0.05) is 12.0 Å². The molecule has 1 aromatic rings. The zero-order chi connectivity index (χ0) is 11.9. The second-order valence-corrected chi connectivity index (χ2v) is 4.92. The summed E-state index contributed by atoms with van der Waals surface area (Å²) < 4.78 is 5.58. The van der Waals surface area contributed by atoms with E-state index in [1.165, 1.54) is 56.1 Å². The van der Waals surface area contributed by atoms with Gasteiger partial charge in [0.2, 0.25) is 0 Å². The molecule has 17 heavy (non-hydrogen) atoms. The van der Waals surface area contributed by atoms with Gasteiger partial charge in [-0.15, -0.1) is 0 Å². The predicted molar refractivity (Wildman–Crippen MR) is 71.6 cm³/mol. The van der Waals surface area contributed by atoms with Crippen LogP contribution in [-0.4, -0.2) is 6.61 Å². The van der Waals surface area contributed by atoms with Crippen molar-refractivity contribution in [3.63, 3.8) is 0 Å². The van der Waals surface area contributed by atoms with Crippen LogP contribution < -0.4 is 4.74 Å². The summed E-state index contributed by atoms with van der Waals surface area (Å²) >= 11 is 0. The van der Waals surface area contributed by atoms with Crippen LogP contribution in [0.25, 0.3) is 0 Å². The molecule has 0 saturated carbocycles. The monoisotopic (exact) mass is 231 g/mol. The summed E-state index contributed by atoms with van der Waals surface area (Å²) in [5, 5.41) is 0. The Morgan fingerprint density at radius 2 is 2.00 bits per heavy atom. The van der Waals surface area contributed by atoms with Gasteiger partial charge in [-0.3, -0.25) is 0 Å². The Balaban J connectivity index is 1.74. The fourth-order valence-corrected chi connectivity index (χ4v) is 2.53. The molecule has 0 aliphatic carbocycles. The third-order valence-corrected chi connectivity index (χ3v) is 3.54. The first-order valence-corrected chi connectivity index (χ1v) is 7.07. The predicted octanol–water partition coefficient (Wildman–Crippen LogP) is 4.32. The molecule has 2 rings (SSSR count). The van der Waals surface area contributed by atoms with Gasteiger partial charge in [-0.25, -0.2) is 0 Å². The minimum Gasteiger partial charge on any atom is -0.493 e. The highest BCUT2D eigenvalue weighted by atomic mass is 16.5. The first-order valence-electron chi connectivity index (χ1n) is 7.07. The Kier molecular flexibility index (Phi) is 4.90. The highest BCUT2D eigenvalue weighted by Gasteiger charge is 2.15. The van der Waals surface area contributed by atoms with Crippen LogP contribution in [0.5, 0.6) is 5.75 Å². The Morgan fingerprint density at radius 1 is 1.18 bits per heavy atom. The highest BCUT2D eigenvalue weighted by molar-refractivity contribution is 5.42. The van der Waals surface area contributed by atoms with E-state index in [4.69, 9.17) is 4.74 Å². The molecule has 0 atom stereocenters. The fourth-order valence-electron chi connectivity index (χ4n) is 2.53. The van der Waals surface area contributed by atoms with Crippen molar-refractivity contribution in [2.45, 2.75) is 58.3 Å². The zero-order valence-electron chi connectivity index (χ0n) is 10.9. The van der Waals surface area contributed by atoms with Crippen LogP contribution in [0.4, 0.5) is 0 Å². The van der Waals surface area contributed by atoms with E-state index < -0.39 is 0 Å². The van der Waals surface area contributed by atoms with Crippen LogP contribution in [0.3, 0.4) is 0 Å². The number of aryl methyl sites for hydroxylation is 1. The third-order valence-electron chi connectivity index (χ3n) is 3.54. The second-order valence-electron chi connectivity index (χ2n) is 4.92. The first kappa shape index (κ1) is 12.5. The van der Waals surface area contributed by atoms with Gasteiger partial charge in [0.25, 0.3) is 0 Å². The van der Waals surface area contributed by atoms with Gasteiger partial charge >= 0.3 is 0 Å². The molecule has 93 valence electrons. The Labute approximate surface area is 105 Å². The van der Waals surface area contributed by atoms with Gasteiger partial charge in [-0.2, -0.15) is 0 Å². The minimum absolute atomic E-state index is 0.858. The first-order chi connectivity index (χ1) is 8.42. The van der Waals surface area contributed by atoms with Crippen molar-refractivity contribution >= 4 is 0 Å². The van der Waals surface area contributed by atoms with Crippen LogP contribution in [0.1, 0.15) is 56.6 Å². The summed E-state index contributed by atoms with van der Waals surface area (Å²) in [6.07, 6.45) is 10.4. The maximum absolute atomic E-state index is 5.58. The zero-order valence-corrected chi connectivity index (χ0v) is 10.9. The van der Waals surface area contributed by atoms with Gasteiger partial charge in [-0.05, 0) is 30.5 Å². The van der Waals surface area contributed by atoms with Gasteiger partial charge < -0.3 is 4.74 Å². The van der Waals surface area contributed by atoms with Crippen molar-refractivity contribution in [2.24, 2.45) is 0 Å². The van der Waals surface area contributed by atoms with E-state index >= 15 is 0 Å². The van der Waals surface area contributed by atoms with Crippen LogP contribution in [0.15, 0.2) is 12.1 Å². The van der Waals surface area contributed by atoms with E-state index in [-0.39, 0.29) is 0 Å². The van der Waals surface area contributed by atoms with Gasteiger partial charge in [-0.1, -0.05) is 45.1 Å². The number of hydrogen-bond donors (Lipinski definition) is 0. The molecule has 0 fully saturated rings. The SMILES string of the molecule is CCCCCCCCc1[c]ccc2c1CCO2. The van der Waals surface area contributed by atoms with Gasteiger partial charge in [0.05, 0.1) is 6.61 Å². The summed E-state index contributed by atoms with van der Waals surface area (Å²) in [7, 11) is 0. The highest BCUT2D eigenvalue weighted by Crippen LogP contribution is 2.28. The van der Waals surface area contributed by atoms with Crippen molar-refractivity contribution in [1.82, 2.24) is 0 Å². The average Bonchev–Trinajstić information content (AvgIpc) is 2.82. The number of unbranched alkanes of at least 4 members (excludes halogenated alkanes) is 5. The Morgan fingerprint density at radius 3 is 2.88 bits per heavy atom. The molecule has 1 heteroatoms. The summed E-state index contributed by atoms with van der Waals surface area (Å²) in [5.74, 6) is 1.10. The molecular formula is C16H23O. The van der Waals surface area contributed by atoms with E-state index in [2.05, 4.69) is 13.0 Å². The number of rotatable bonds is 7. The largest absolute Gasteiger partial charge is 0.493 e. The Bertz CT molecular complexity index is 343. The van der Waals surface area contributed by atoms with Gasteiger partial charge in [0.1, 0.15) is 5.75 Å². The molecule has 1 radical (unpaired) electrons. The lowest BCUT2D eigenvalue weighted by Crippen LogP contribution is -1.92. The number of fused-ring (bicyclic) bond motifs is 1. The standard InChI is InChI=1S/C16H23O/c1-2-3-4-5-6-7-9-14-10-8-11-16-15(14)12-13-17-16/h8,11H,2-7,9,12-13H2,1H3. The van der Waals surface area contributed by atoms with Crippen molar-refractivity contribution < 1.29 is 4.74 Å². The summed E-state index contributed by atoms with van der Waals surface area (Å²) in [5.41, 5.74) is 2.82. The molecule has 0 bridgehead atoms. The van der Waals surface area contributed by atoms with Crippen LogP contribution in [-0.2, 0) is 12.8 Å². The van der Waals surface area contributed by atoms with E-state index in [9.17, 15) is 0 Å². The number of benzene rings is 1. The lowest BCUT2D eigenvalue weighted by molar-refractivity contribution is 0.357. The molecule has 0 unspecified atom stereocenters. The molecule has 0 saturated heterocycles. The maximum Gasteiger partial charge on any atom is 0.122 e. The summed E-state index contributed by atoms with van der Waals surface area (Å²) in [6, 6.07) is 7.45. The summed E-state index contributed by atoms with van der Waals surface area (Å²) in [4.78, 5) is 0. The topological polar surface area (TPSA) is 9.23 Å². The lowest BCUT2D eigenvalue weighted by atomic mass is 9.99. The molecule has 1 nitrogen and oxygen atoms in total.